The zero-order valence-corrected chi connectivity index (χ0v) is 15.3. The largest absolute Gasteiger partial charge is 0.490 e. The van der Waals surface area contributed by atoms with Crippen molar-refractivity contribution in [2.24, 2.45) is 0 Å². The average molecular weight is 400 g/mol. The molecule has 0 spiro atoms. The Labute approximate surface area is 158 Å². The Hall–Kier alpha value is -2.39. The van der Waals surface area contributed by atoms with E-state index in [-0.39, 0.29) is 5.91 Å². The predicted molar refractivity (Wildman–Crippen MR) is 96.7 cm³/mol. The van der Waals surface area contributed by atoms with Gasteiger partial charge in [-0.25, -0.2) is 4.79 Å². The molecule has 1 aromatic carbocycles. The Morgan fingerprint density at radius 2 is 1.85 bits per heavy atom. The summed E-state index contributed by atoms with van der Waals surface area (Å²) in [5, 5.41) is 13.4. The van der Waals surface area contributed by atoms with Crippen molar-refractivity contribution in [3.8, 4) is 0 Å². The minimum Gasteiger partial charge on any atom is -0.475 e. The maximum absolute atomic E-state index is 12.0. The van der Waals surface area contributed by atoms with E-state index in [9.17, 15) is 18.0 Å². The van der Waals surface area contributed by atoms with Crippen LogP contribution in [0, 0.1) is 6.92 Å². The van der Waals surface area contributed by atoms with Crippen LogP contribution in [0.3, 0.4) is 0 Å². The van der Waals surface area contributed by atoms with E-state index in [1.807, 2.05) is 6.07 Å². The number of hydrogen-bond donors (Lipinski definition) is 3. The van der Waals surface area contributed by atoms with E-state index in [4.69, 9.17) is 9.90 Å². The molecule has 5 nitrogen and oxygen atoms in total. The van der Waals surface area contributed by atoms with Crippen LogP contribution in [-0.4, -0.2) is 23.2 Å². The molecule has 1 aliphatic rings. The first kappa shape index (κ1) is 20.9. The van der Waals surface area contributed by atoms with Gasteiger partial charge in [0.05, 0.1) is 0 Å². The lowest BCUT2D eigenvalue weighted by Crippen LogP contribution is -2.21. The molecule has 0 radical (unpaired) electrons. The van der Waals surface area contributed by atoms with Crippen LogP contribution in [0.15, 0.2) is 30.3 Å². The zero-order chi connectivity index (χ0) is 20.0. The molecule has 0 bridgehead atoms. The molecule has 9 heteroatoms. The highest BCUT2D eigenvalue weighted by Crippen LogP contribution is 2.21. The molecule has 3 rings (SSSR count). The molecule has 0 unspecified atom stereocenters. The summed E-state index contributed by atoms with van der Waals surface area (Å²) in [6, 6.07) is 10.4. The Morgan fingerprint density at radius 3 is 2.44 bits per heavy atom. The van der Waals surface area contributed by atoms with E-state index >= 15 is 0 Å². The fourth-order valence-electron chi connectivity index (χ4n) is 2.45. The first-order chi connectivity index (χ1) is 12.6. The number of nitrogens with one attached hydrogen (secondary N) is 2. The van der Waals surface area contributed by atoms with Gasteiger partial charge in [-0.15, -0.1) is 11.3 Å². The number of hydrogen-bond acceptors (Lipinski definition) is 4. The number of thiophene rings is 1. The van der Waals surface area contributed by atoms with Crippen LogP contribution in [0.2, 0.25) is 0 Å². The van der Waals surface area contributed by atoms with Crippen molar-refractivity contribution in [3.05, 3.63) is 51.2 Å². The number of alkyl halides is 3. The summed E-state index contributed by atoms with van der Waals surface area (Å²) < 4.78 is 31.7. The van der Waals surface area contributed by atoms with Crippen molar-refractivity contribution in [3.63, 3.8) is 0 Å². The summed E-state index contributed by atoms with van der Waals surface area (Å²) in [5.74, 6) is -2.67. The van der Waals surface area contributed by atoms with Gasteiger partial charge in [0.25, 0.3) is 0 Å². The van der Waals surface area contributed by atoms with Crippen molar-refractivity contribution in [1.82, 2.24) is 5.32 Å². The van der Waals surface area contributed by atoms with Gasteiger partial charge in [0.15, 0.2) is 0 Å². The molecule has 3 N–H and O–H groups in total. The number of anilines is 1. The zero-order valence-electron chi connectivity index (χ0n) is 14.5. The fourth-order valence-corrected chi connectivity index (χ4v) is 3.34. The molecular formula is C18H19F3N2O3S. The third kappa shape index (κ3) is 6.69. The molecule has 0 saturated carbocycles. The van der Waals surface area contributed by atoms with Gasteiger partial charge in [-0.3, -0.25) is 4.79 Å². The predicted octanol–water partition coefficient (Wildman–Crippen LogP) is 3.86. The van der Waals surface area contributed by atoms with Gasteiger partial charge in [0.1, 0.15) is 0 Å². The van der Waals surface area contributed by atoms with E-state index in [0.29, 0.717) is 6.42 Å². The number of carbonyl (C=O) groups excluding carboxylic acids is 1. The first-order valence-electron chi connectivity index (χ1n) is 8.13. The maximum atomic E-state index is 12.0. The highest BCUT2D eigenvalue weighted by molar-refractivity contribution is 7.11. The van der Waals surface area contributed by atoms with Crippen LogP contribution in [0.1, 0.15) is 27.3 Å². The lowest BCUT2D eigenvalue weighted by atomic mass is 10.1. The minimum absolute atomic E-state index is 0.0851. The van der Waals surface area contributed by atoms with E-state index in [2.05, 4.69) is 41.8 Å². The van der Waals surface area contributed by atoms with Gasteiger partial charge in [0, 0.05) is 35.0 Å². The average Bonchev–Trinajstić information content (AvgIpc) is 3.21. The van der Waals surface area contributed by atoms with Gasteiger partial charge in [-0.1, -0.05) is 6.07 Å². The summed E-state index contributed by atoms with van der Waals surface area (Å²) in [7, 11) is 0. The second kappa shape index (κ2) is 9.01. The molecule has 146 valence electrons. The molecule has 2 heterocycles. The van der Waals surface area contributed by atoms with Crippen LogP contribution in [-0.2, 0) is 29.1 Å². The van der Waals surface area contributed by atoms with Crippen LogP contribution in [0.25, 0.3) is 0 Å². The second-order valence-electron chi connectivity index (χ2n) is 5.95. The molecule has 0 aliphatic carbocycles. The molecule has 2 aromatic rings. The topological polar surface area (TPSA) is 78.4 Å². The Kier molecular flexibility index (Phi) is 6.98. The highest BCUT2D eigenvalue weighted by Gasteiger charge is 2.38. The quantitative estimate of drug-likeness (QED) is 0.728. The number of fused-ring (bicyclic) bond motifs is 1. The number of halogens is 3. The number of carboxylic acid groups (broad SMARTS) is 1. The summed E-state index contributed by atoms with van der Waals surface area (Å²) in [5.41, 5.74) is 3.52. The fraction of sp³-hybridized carbons (Fsp3) is 0.333. The van der Waals surface area contributed by atoms with Crippen molar-refractivity contribution in [1.29, 1.82) is 0 Å². The summed E-state index contributed by atoms with van der Waals surface area (Å²) in [6.07, 6.45) is -3.73. The molecule has 27 heavy (non-hydrogen) atoms. The number of rotatable bonds is 4. The number of amides is 1. The van der Waals surface area contributed by atoms with Gasteiger partial charge in [-0.2, -0.15) is 13.2 Å². The van der Waals surface area contributed by atoms with Gasteiger partial charge in [-0.05, 0) is 48.7 Å². The number of benzene rings is 1. The van der Waals surface area contributed by atoms with Gasteiger partial charge in [0.2, 0.25) is 5.91 Å². The third-order valence-corrected chi connectivity index (χ3v) is 4.82. The Balaban J connectivity index is 0.000000321. The molecular weight excluding hydrogens is 381 g/mol. The number of aryl methyl sites for hydroxylation is 2. The summed E-state index contributed by atoms with van der Waals surface area (Å²) >= 11 is 1.76. The number of aliphatic carboxylic acids is 1. The van der Waals surface area contributed by atoms with Crippen molar-refractivity contribution in [2.45, 2.75) is 39.0 Å². The highest BCUT2D eigenvalue weighted by atomic mass is 32.1. The van der Waals surface area contributed by atoms with Gasteiger partial charge < -0.3 is 15.7 Å². The van der Waals surface area contributed by atoms with Crippen LogP contribution < -0.4 is 10.6 Å². The van der Waals surface area contributed by atoms with Crippen LogP contribution in [0.5, 0.6) is 0 Å². The first-order valence-corrected chi connectivity index (χ1v) is 8.94. The minimum atomic E-state index is -5.08. The smallest absolute Gasteiger partial charge is 0.475 e. The van der Waals surface area contributed by atoms with Crippen LogP contribution >= 0.6 is 11.3 Å². The molecule has 1 aliphatic heterocycles. The summed E-state index contributed by atoms with van der Waals surface area (Å²) in [4.78, 5) is 23.4. The molecule has 0 fully saturated rings. The maximum Gasteiger partial charge on any atom is 0.490 e. The lowest BCUT2D eigenvalue weighted by Gasteiger charge is -2.06. The van der Waals surface area contributed by atoms with E-state index in [1.165, 1.54) is 20.9 Å². The van der Waals surface area contributed by atoms with Crippen LogP contribution in [0.4, 0.5) is 18.9 Å². The number of carboxylic acids is 1. The summed E-state index contributed by atoms with van der Waals surface area (Å²) in [6.45, 7) is 3.92. The normalized spacial score (nSPS) is 12.7. The van der Waals surface area contributed by atoms with Crippen molar-refractivity contribution >= 4 is 28.9 Å². The Morgan fingerprint density at radius 1 is 1.19 bits per heavy atom. The standard InChI is InChI=1S/C16H18N2OS.C2HF3O2/c1-11-2-5-15(20-11)6-7-16(19)18-14-4-3-12-9-17-10-13(12)8-14;3-2(4,5)1(6)7/h2-5,8,17H,6-7,9-10H2,1H3,(H,18,19);(H,6,7). The molecule has 1 amide bonds. The lowest BCUT2D eigenvalue weighted by molar-refractivity contribution is -0.192. The van der Waals surface area contributed by atoms with E-state index in [0.717, 1.165) is 25.2 Å². The van der Waals surface area contributed by atoms with E-state index in [1.54, 1.807) is 11.3 Å². The second-order valence-corrected chi connectivity index (χ2v) is 7.32. The number of carbonyl (C=O) groups is 2. The monoisotopic (exact) mass is 400 g/mol. The van der Waals surface area contributed by atoms with E-state index < -0.39 is 12.1 Å². The molecule has 0 saturated heterocycles. The van der Waals surface area contributed by atoms with Gasteiger partial charge >= 0.3 is 12.1 Å². The SMILES string of the molecule is Cc1ccc(CCC(=O)Nc2ccc3c(c2)CNC3)s1.O=C(O)C(F)(F)F. The Bertz CT molecular complexity index is 818. The molecule has 1 aromatic heterocycles. The third-order valence-electron chi connectivity index (χ3n) is 3.76. The van der Waals surface area contributed by atoms with Crippen molar-refractivity contribution < 1.29 is 27.9 Å². The van der Waals surface area contributed by atoms with Crippen molar-refractivity contribution in [2.75, 3.05) is 5.32 Å². The molecule has 0 atom stereocenters.